The minimum atomic E-state index is -0.663. The Morgan fingerprint density at radius 1 is 0.326 bits per heavy atom. The van der Waals surface area contributed by atoms with E-state index in [9.17, 15) is 19.8 Å². The number of nitrogens with one attached hydrogen (secondary N) is 1. The fraction of sp³-hybridized carbons (Fsp3) is 0.925. The van der Waals surface area contributed by atoms with Crippen molar-refractivity contribution in [3.63, 3.8) is 0 Å². The summed E-state index contributed by atoms with van der Waals surface area (Å²) in [6.45, 7) is 4.97. The molecule has 0 aromatic carbocycles. The summed E-state index contributed by atoms with van der Waals surface area (Å²) in [5, 5.41) is 23.5. The minimum absolute atomic E-state index is 0.00708. The van der Waals surface area contributed by atoms with Crippen LogP contribution in [-0.4, -0.2) is 47.4 Å². The van der Waals surface area contributed by atoms with Crippen molar-refractivity contribution in [1.82, 2.24) is 5.32 Å². The smallest absolute Gasteiger partial charge is 0.305 e. The molecule has 0 aromatic rings. The van der Waals surface area contributed by atoms with E-state index in [0.717, 1.165) is 51.4 Å². The zero-order chi connectivity index (χ0) is 62.0. The van der Waals surface area contributed by atoms with Crippen LogP contribution in [0.5, 0.6) is 0 Å². The molecule has 1 amide bonds. The Balaban J connectivity index is 3.34. The van der Waals surface area contributed by atoms with Gasteiger partial charge in [0, 0.05) is 12.8 Å². The average molecular weight is 1210 g/mol. The van der Waals surface area contributed by atoms with E-state index in [-0.39, 0.29) is 18.5 Å². The zero-order valence-corrected chi connectivity index (χ0v) is 58.6. The first-order valence-electron chi connectivity index (χ1n) is 39.6. The molecule has 0 aliphatic carbocycles. The van der Waals surface area contributed by atoms with E-state index in [1.54, 1.807) is 0 Å². The van der Waals surface area contributed by atoms with Crippen LogP contribution in [0.2, 0.25) is 0 Å². The first kappa shape index (κ1) is 84.3. The standard InChI is InChI=1S/C80H155NO5/c1-3-5-7-9-11-13-15-17-19-20-21-22-23-32-35-38-41-45-48-52-56-60-64-68-72-78(83)77(76-82)81-79(84)73-69-65-61-57-53-49-46-42-39-36-33-30-28-26-24-25-27-29-31-34-37-40-43-47-51-55-59-63-67-71-75-86-80(85)74-70-66-62-58-54-50-44-18-16-14-12-10-8-6-4-2/h12,14,18,44,77-78,82-83H,3-11,13,15-17,19-43,45-76H2,1-2H3,(H,81,84)/b14-12-,44-18-. The van der Waals surface area contributed by atoms with E-state index in [4.69, 9.17) is 4.74 Å². The zero-order valence-electron chi connectivity index (χ0n) is 58.6. The molecule has 6 heteroatoms. The lowest BCUT2D eigenvalue weighted by Crippen LogP contribution is -2.45. The van der Waals surface area contributed by atoms with E-state index >= 15 is 0 Å². The van der Waals surface area contributed by atoms with Crippen LogP contribution in [0.3, 0.4) is 0 Å². The first-order chi connectivity index (χ1) is 42.5. The third kappa shape index (κ3) is 71.4. The highest BCUT2D eigenvalue weighted by Crippen LogP contribution is 2.20. The van der Waals surface area contributed by atoms with E-state index in [0.29, 0.717) is 25.9 Å². The van der Waals surface area contributed by atoms with Gasteiger partial charge in [0.25, 0.3) is 0 Å². The number of ether oxygens (including phenoxy) is 1. The van der Waals surface area contributed by atoms with Crippen LogP contribution < -0.4 is 5.32 Å². The van der Waals surface area contributed by atoms with Crippen molar-refractivity contribution < 1.29 is 24.5 Å². The fourth-order valence-corrected chi connectivity index (χ4v) is 12.7. The van der Waals surface area contributed by atoms with Crippen LogP contribution >= 0.6 is 0 Å². The van der Waals surface area contributed by atoms with Crippen molar-refractivity contribution >= 4 is 11.9 Å². The number of aliphatic hydroxyl groups excluding tert-OH is 2. The predicted molar refractivity (Wildman–Crippen MR) is 380 cm³/mol. The molecule has 6 nitrogen and oxygen atoms in total. The van der Waals surface area contributed by atoms with Crippen LogP contribution in [0.25, 0.3) is 0 Å². The Bertz CT molecular complexity index is 1350. The normalized spacial score (nSPS) is 12.6. The lowest BCUT2D eigenvalue weighted by Gasteiger charge is -2.22. The van der Waals surface area contributed by atoms with Crippen molar-refractivity contribution in [3.05, 3.63) is 24.3 Å². The molecule has 2 unspecified atom stereocenters. The SMILES string of the molecule is CCCCC/C=C\C/C=C\CCCCCCCC(=O)OCCCCCCCCCCCCCCCCCCCCCCCCCCCCCCCCC(=O)NC(CO)C(O)CCCCCCCCCCCCCCCCCCCCCCCCCC. The third-order valence-electron chi connectivity index (χ3n) is 18.8. The number of amides is 1. The van der Waals surface area contributed by atoms with Gasteiger partial charge in [0.05, 0.1) is 25.4 Å². The molecule has 510 valence electrons. The Morgan fingerprint density at radius 3 is 0.907 bits per heavy atom. The molecule has 2 atom stereocenters. The van der Waals surface area contributed by atoms with Crippen molar-refractivity contribution in [2.45, 2.75) is 463 Å². The summed E-state index contributed by atoms with van der Waals surface area (Å²) in [5.41, 5.74) is 0. The molecule has 0 aromatic heterocycles. The molecule has 86 heavy (non-hydrogen) atoms. The summed E-state index contributed by atoms with van der Waals surface area (Å²) >= 11 is 0. The van der Waals surface area contributed by atoms with Gasteiger partial charge in [-0.3, -0.25) is 9.59 Å². The quantitative estimate of drug-likeness (QED) is 0.0320. The van der Waals surface area contributed by atoms with Crippen LogP contribution in [0, 0.1) is 0 Å². The molecule has 0 fully saturated rings. The molecule has 0 saturated carbocycles. The summed E-state index contributed by atoms with van der Waals surface area (Å²) in [6.07, 6.45) is 96.9. The summed E-state index contributed by atoms with van der Waals surface area (Å²) in [4.78, 5) is 24.7. The highest BCUT2D eigenvalue weighted by molar-refractivity contribution is 5.76. The fourth-order valence-electron chi connectivity index (χ4n) is 12.7. The van der Waals surface area contributed by atoms with Gasteiger partial charge in [0.2, 0.25) is 5.91 Å². The molecular formula is C80H155NO5. The molecule has 0 bridgehead atoms. The minimum Gasteiger partial charge on any atom is -0.466 e. The van der Waals surface area contributed by atoms with Crippen LogP contribution in [0.4, 0.5) is 0 Å². The topological polar surface area (TPSA) is 95.9 Å². The maximum atomic E-state index is 12.6. The van der Waals surface area contributed by atoms with Crippen LogP contribution in [0.1, 0.15) is 450 Å². The Morgan fingerprint density at radius 2 is 0.581 bits per heavy atom. The van der Waals surface area contributed by atoms with Gasteiger partial charge in [-0.25, -0.2) is 0 Å². The van der Waals surface area contributed by atoms with Gasteiger partial charge in [-0.05, 0) is 57.8 Å². The van der Waals surface area contributed by atoms with Gasteiger partial charge in [-0.2, -0.15) is 0 Å². The molecule has 0 radical (unpaired) electrons. The average Bonchev–Trinajstić information content (AvgIpc) is 3.54. The van der Waals surface area contributed by atoms with Gasteiger partial charge < -0.3 is 20.3 Å². The summed E-state index contributed by atoms with van der Waals surface area (Å²) < 4.78 is 5.49. The predicted octanol–water partition coefficient (Wildman–Crippen LogP) is 26.0. The van der Waals surface area contributed by atoms with E-state index in [2.05, 4.69) is 43.5 Å². The van der Waals surface area contributed by atoms with Gasteiger partial charge >= 0.3 is 5.97 Å². The maximum absolute atomic E-state index is 12.6. The monoisotopic (exact) mass is 1210 g/mol. The second-order valence-electron chi connectivity index (χ2n) is 27.4. The molecule has 0 rings (SSSR count). The van der Waals surface area contributed by atoms with Crippen molar-refractivity contribution in [1.29, 1.82) is 0 Å². The van der Waals surface area contributed by atoms with E-state index < -0.39 is 12.1 Å². The Kier molecular flexibility index (Phi) is 74.3. The largest absolute Gasteiger partial charge is 0.466 e. The first-order valence-corrected chi connectivity index (χ1v) is 39.6. The second-order valence-corrected chi connectivity index (χ2v) is 27.4. The number of hydrogen-bond donors (Lipinski definition) is 3. The summed E-state index contributed by atoms with van der Waals surface area (Å²) in [7, 11) is 0. The molecule has 0 spiro atoms. The van der Waals surface area contributed by atoms with Gasteiger partial charge in [-0.1, -0.05) is 404 Å². The highest BCUT2D eigenvalue weighted by atomic mass is 16.5. The van der Waals surface area contributed by atoms with Crippen LogP contribution in [-0.2, 0) is 14.3 Å². The van der Waals surface area contributed by atoms with Gasteiger partial charge in [-0.15, -0.1) is 0 Å². The van der Waals surface area contributed by atoms with Crippen molar-refractivity contribution in [3.8, 4) is 0 Å². The number of allylic oxidation sites excluding steroid dienone is 4. The molecule has 0 heterocycles. The Hall–Kier alpha value is -1.66. The molecule has 3 N–H and O–H groups in total. The second kappa shape index (κ2) is 75.8. The maximum Gasteiger partial charge on any atom is 0.305 e. The molecular weight excluding hydrogens is 1050 g/mol. The van der Waals surface area contributed by atoms with Crippen molar-refractivity contribution in [2.75, 3.05) is 13.2 Å². The Labute approximate surface area is 539 Å². The lowest BCUT2D eigenvalue weighted by atomic mass is 10.0. The molecule has 0 aliphatic heterocycles. The lowest BCUT2D eigenvalue weighted by molar-refractivity contribution is -0.143. The highest BCUT2D eigenvalue weighted by Gasteiger charge is 2.20. The number of unbranched alkanes of at least 4 members (excludes halogenated alkanes) is 60. The number of carbonyl (C=O) groups is 2. The number of hydrogen-bond acceptors (Lipinski definition) is 5. The van der Waals surface area contributed by atoms with Gasteiger partial charge in [0.1, 0.15) is 0 Å². The number of aliphatic hydroxyl groups is 2. The van der Waals surface area contributed by atoms with Crippen LogP contribution in [0.15, 0.2) is 24.3 Å². The number of carbonyl (C=O) groups excluding carboxylic acids is 2. The molecule has 0 saturated heterocycles. The number of esters is 1. The molecule has 0 aliphatic rings. The van der Waals surface area contributed by atoms with E-state index in [1.807, 2.05) is 0 Å². The van der Waals surface area contributed by atoms with Crippen molar-refractivity contribution in [2.24, 2.45) is 0 Å². The third-order valence-corrected chi connectivity index (χ3v) is 18.8. The summed E-state index contributed by atoms with van der Waals surface area (Å²) in [5.74, 6) is -0.0183. The number of rotatable bonds is 75. The van der Waals surface area contributed by atoms with E-state index in [1.165, 1.54) is 366 Å². The van der Waals surface area contributed by atoms with Gasteiger partial charge in [0.15, 0.2) is 0 Å². The summed E-state index contributed by atoms with van der Waals surface area (Å²) in [6, 6.07) is -0.540.